The lowest BCUT2D eigenvalue weighted by Crippen LogP contribution is -2.08. The summed E-state index contributed by atoms with van der Waals surface area (Å²) < 4.78 is 3.15. The maximum atomic E-state index is 9.46. The van der Waals surface area contributed by atoms with Gasteiger partial charge in [0.05, 0.1) is 24.3 Å². The molecule has 1 aliphatic rings. The zero-order chi connectivity index (χ0) is 12.5. The molecule has 1 N–H and O–H groups in total. The second-order valence-electron chi connectivity index (χ2n) is 4.65. The molecule has 0 aliphatic heterocycles. The van der Waals surface area contributed by atoms with Gasteiger partial charge in [0.1, 0.15) is 0 Å². The minimum Gasteiger partial charge on any atom is -0.392 e. The Labute approximate surface area is 115 Å². The third-order valence-electron chi connectivity index (χ3n) is 3.51. The van der Waals surface area contributed by atoms with Crippen LogP contribution < -0.4 is 0 Å². The van der Waals surface area contributed by atoms with Crippen molar-refractivity contribution in [2.24, 2.45) is 0 Å². The van der Waals surface area contributed by atoms with Crippen LogP contribution in [0.15, 0.2) is 29.0 Å². The van der Waals surface area contributed by atoms with Gasteiger partial charge in [-0.05, 0) is 37.8 Å². The molecule has 0 radical (unpaired) electrons. The van der Waals surface area contributed by atoms with Gasteiger partial charge in [0.2, 0.25) is 0 Å². The highest BCUT2D eigenvalue weighted by Crippen LogP contribution is 2.26. The maximum Gasteiger partial charge on any atom is 0.0997 e. The van der Waals surface area contributed by atoms with Crippen molar-refractivity contribution in [2.75, 3.05) is 0 Å². The monoisotopic (exact) mass is 306 g/mol. The summed E-state index contributed by atoms with van der Waals surface area (Å²) in [7, 11) is 0. The van der Waals surface area contributed by atoms with Gasteiger partial charge in [-0.2, -0.15) is 0 Å². The van der Waals surface area contributed by atoms with Crippen molar-refractivity contribution in [1.82, 2.24) is 9.55 Å². The average molecular weight is 307 g/mol. The van der Waals surface area contributed by atoms with Gasteiger partial charge < -0.3 is 9.67 Å². The van der Waals surface area contributed by atoms with Crippen LogP contribution in [0.1, 0.15) is 29.8 Å². The molecule has 1 aromatic carbocycles. The number of aryl methyl sites for hydroxylation is 1. The first-order valence-corrected chi connectivity index (χ1v) is 7.03. The van der Waals surface area contributed by atoms with E-state index < -0.39 is 0 Å². The van der Waals surface area contributed by atoms with E-state index in [1.807, 2.05) is 24.5 Å². The van der Waals surface area contributed by atoms with Crippen molar-refractivity contribution in [3.63, 3.8) is 0 Å². The van der Waals surface area contributed by atoms with Gasteiger partial charge in [0, 0.05) is 15.7 Å². The van der Waals surface area contributed by atoms with Crippen molar-refractivity contribution in [3.8, 4) is 5.69 Å². The number of rotatable bonds is 2. The van der Waals surface area contributed by atoms with Crippen molar-refractivity contribution < 1.29 is 5.11 Å². The number of aliphatic hydroxyl groups is 1. The first-order valence-electron chi connectivity index (χ1n) is 6.24. The van der Waals surface area contributed by atoms with E-state index in [0.717, 1.165) is 28.6 Å². The Morgan fingerprint density at radius 2 is 2.11 bits per heavy atom. The SMILES string of the molecule is OCc1ccc(Br)cc1-n1cnc2c1CCCC2. The Kier molecular flexibility index (Phi) is 3.22. The predicted molar refractivity (Wildman–Crippen MR) is 73.8 cm³/mol. The summed E-state index contributed by atoms with van der Waals surface area (Å²) in [6.07, 6.45) is 6.49. The fourth-order valence-electron chi connectivity index (χ4n) is 2.57. The second-order valence-corrected chi connectivity index (χ2v) is 5.56. The van der Waals surface area contributed by atoms with E-state index in [1.54, 1.807) is 0 Å². The minimum absolute atomic E-state index is 0.0512. The normalized spacial score (nSPS) is 14.6. The van der Waals surface area contributed by atoms with E-state index in [0.29, 0.717) is 0 Å². The lowest BCUT2D eigenvalue weighted by Gasteiger charge is -2.16. The third-order valence-corrected chi connectivity index (χ3v) is 4.00. The highest BCUT2D eigenvalue weighted by atomic mass is 79.9. The van der Waals surface area contributed by atoms with Gasteiger partial charge in [0.15, 0.2) is 0 Å². The molecule has 0 saturated heterocycles. The van der Waals surface area contributed by atoms with Gasteiger partial charge in [-0.15, -0.1) is 0 Å². The Morgan fingerprint density at radius 1 is 1.28 bits per heavy atom. The summed E-state index contributed by atoms with van der Waals surface area (Å²) >= 11 is 3.49. The minimum atomic E-state index is 0.0512. The Bertz CT molecular complexity index is 577. The lowest BCUT2D eigenvalue weighted by molar-refractivity contribution is 0.281. The second kappa shape index (κ2) is 4.86. The fourth-order valence-corrected chi connectivity index (χ4v) is 2.92. The molecule has 1 aliphatic carbocycles. The van der Waals surface area contributed by atoms with Crippen molar-refractivity contribution in [2.45, 2.75) is 32.3 Å². The molecule has 0 spiro atoms. The number of aliphatic hydroxyl groups excluding tert-OH is 1. The molecule has 0 saturated carbocycles. The van der Waals surface area contributed by atoms with Crippen molar-refractivity contribution in [1.29, 1.82) is 0 Å². The van der Waals surface area contributed by atoms with Gasteiger partial charge in [-0.3, -0.25) is 0 Å². The molecule has 1 aromatic heterocycles. The highest BCUT2D eigenvalue weighted by Gasteiger charge is 2.17. The van der Waals surface area contributed by atoms with Crippen LogP contribution in [0.5, 0.6) is 0 Å². The molecule has 0 fully saturated rings. The molecule has 3 rings (SSSR count). The van der Waals surface area contributed by atoms with E-state index in [2.05, 4.69) is 25.5 Å². The van der Waals surface area contributed by atoms with Crippen molar-refractivity contribution in [3.05, 3.63) is 46.0 Å². The van der Waals surface area contributed by atoms with Gasteiger partial charge in [-0.25, -0.2) is 4.98 Å². The van der Waals surface area contributed by atoms with E-state index in [9.17, 15) is 5.11 Å². The van der Waals surface area contributed by atoms with Crippen LogP contribution in [-0.2, 0) is 19.4 Å². The van der Waals surface area contributed by atoms with Crippen LogP contribution in [0.25, 0.3) is 5.69 Å². The first-order chi connectivity index (χ1) is 8.79. The number of hydrogen-bond acceptors (Lipinski definition) is 2. The van der Waals surface area contributed by atoms with E-state index in [1.165, 1.54) is 24.2 Å². The first kappa shape index (κ1) is 11.9. The molecule has 18 heavy (non-hydrogen) atoms. The molecule has 0 amide bonds. The number of imidazole rings is 1. The molecule has 0 unspecified atom stereocenters. The van der Waals surface area contributed by atoms with Crippen LogP contribution >= 0.6 is 15.9 Å². The number of nitrogens with zero attached hydrogens (tertiary/aromatic N) is 2. The standard InChI is InChI=1S/C14H15BrN2O/c15-11-6-5-10(8-18)14(7-11)17-9-16-12-3-1-2-4-13(12)17/h5-7,9,18H,1-4,8H2. The molecular formula is C14H15BrN2O. The number of halogens is 1. The average Bonchev–Trinajstić information content (AvgIpc) is 2.82. The molecule has 2 aromatic rings. The smallest absolute Gasteiger partial charge is 0.0997 e. The summed E-state index contributed by atoms with van der Waals surface area (Å²) in [5.74, 6) is 0. The quantitative estimate of drug-likeness (QED) is 0.926. The molecule has 1 heterocycles. The summed E-state index contributed by atoms with van der Waals surface area (Å²) in [6.45, 7) is 0.0512. The zero-order valence-electron chi connectivity index (χ0n) is 10.1. The predicted octanol–water partition coefficient (Wildman–Crippen LogP) is 3.01. The maximum absolute atomic E-state index is 9.46. The Morgan fingerprint density at radius 3 is 2.94 bits per heavy atom. The number of benzene rings is 1. The van der Waals surface area contributed by atoms with Crippen LogP contribution in [0, 0.1) is 0 Å². The molecule has 4 heteroatoms. The van der Waals surface area contributed by atoms with Crippen LogP contribution in [0.2, 0.25) is 0 Å². The summed E-state index contributed by atoms with van der Waals surface area (Å²) in [5.41, 5.74) is 4.48. The molecule has 0 bridgehead atoms. The van der Waals surface area contributed by atoms with Crippen LogP contribution in [-0.4, -0.2) is 14.7 Å². The zero-order valence-corrected chi connectivity index (χ0v) is 11.7. The lowest BCUT2D eigenvalue weighted by atomic mass is 10.0. The number of fused-ring (bicyclic) bond motifs is 1. The molecule has 3 nitrogen and oxygen atoms in total. The summed E-state index contributed by atoms with van der Waals surface area (Å²) in [6, 6.07) is 5.95. The molecule has 0 atom stereocenters. The van der Waals surface area contributed by atoms with Crippen molar-refractivity contribution >= 4 is 15.9 Å². The van der Waals surface area contributed by atoms with Gasteiger partial charge in [-0.1, -0.05) is 22.0 Å². The molecule has 94 valence electrons. The Hall–Kier alpha value is -1.13. The van der Waals surface area contributed by atoms with E-state index in [-0.39, 0.29) is 6.61 Å². The Balaban J connectivity index is 2.14. The van der Waals surface area contributed by atoms with E-state index in [4.69, 9.17) is 0 Å². The molecular weight excluding hydrogens is 292 g/mol. The number of aromatic nitrogens is 2. The van der Waals surface area contributed by atoms with Gasteiger partial charge >= 0.3 is 0 Å². The largest absolute Gasteiger partial charge is 0.392 e. The fraction of sp³-hybridized carbons (Fsp3) is 0.357. The summed E-state index contributed by atoms with van der Waals surface area (Å²) in [5, 5.41) is 9.46. The summed E-state index contributed by atoms with van der Waals surface area (Å²) in [4.78, 5) is 4.50. The topological polar surface area (TPSA) is 38.0 Å². The van der Waals surface area contributed by atoms with Gasteiger partial charge in [0.25, 0.3) is 0 Å². The van der Waals surface area contributed by atoms with Crippen LogP contribution in [0.4, 0.5) is 0 Å². The van der Waals surface area contributed by atoms with Crippen LogP contribution in [0.3, 0.4) is 0 Å². The highest BCUT2D eigenvalue weighted by molar-refractivity contribution is 9.10. The number of hydrogen-bond donors (Lipinski definition) is 1. The third kappa shape index (κ3) is 1.99. The van der Waals surface area contributed by atoms with E-state index >= 15 is 0 Å².